The van der Waals surface area contributed by atoms with Crippen LogP contribution in [0.5, 0.6) is 23.0 Å². The van der Waals surface area contributed by atoms with E-state index in [2.05, 4.69) is 10.3 Å². The number of benzene rings is 3. The molecule has 2 heterocycles. The fourth-order valence-electron chi connectivity index (χ4n) is 3.89. The van der Waals surface area contributed by atoms with Crippen molar-refractivity contribution < 1.29 is 32.1 Å². The molecule has 0 unspecified atom stereocenters. The third-order valence-electron chi connectivity index (χ3n) is 5.74. The largest absolute Gasteiger partial charge is 0.496 e. The van der Waals surface area contributed by atoms with Crippen LogP contribution in [-0.4, -0.2) is 36.3 Å². The van der Waals surface area contributed by atoms with Gasteiger partial charge in [-0.2, -0.15) is 0 Å². The molecule has 9 nitrogen and oxygen atoms in total. The summed E-state index contributed by atoms with van der Waals surface area (Å²) in [6.07, 6.45) is 1.48. The van der Waals surface area contributed by atoms with Crippen molar-refractivity contribution in [2.75, 3.05) is 21.3 Å². The second-order valence-electron chi connectivity index (χ2n) is 8.08. The van der Waals surface area contributed by atoms with Gasteiger partial charge in [-0.05, 0) is 30.3 Å². The Balaban J connectivity index is 1.40. The van der Waals surface area contributed by atoms with Gasteiger partial charge in [0.1, 0.15) is 52.0 Å². The second kappa shape index (κ2) is 10.2. The first-order valence-corrected chi connectivity index (χ1v) is 11.3. The first kappa shape index (κ1) is 24.8. The molecule has 11 heteroatoms. The zero-order valence-electron chi connectivity index (χ0n) is 20.5. The second-order valence-corrected chi connectivity index (χ2v) is 8.08. The molecule has 38 heavy (non-hydrogen) atoms. The topological polar surface area (TPSA) is 97.8 Å². The highest BCUT2D eigenvalue weighted by Crippen LogP contribution is 2.35. The summed E-state index contributed by atoms with van der Waals surface area (Å²) in [5, 5.41) is 8.15. The minimum atomic E-state index is -0.767. The zero-order chi connectivity index (χ0) is 26.8. The quantitative estimate of drug-likeness (QED) is 0.284. The monoisotopic (exact) mass is 521 g/mol. The number of aromatic nitrogens is 3. The highest BCUT2D eigenvalue weighted by Gasteiger charge is 2.16. The van der Waals surface area contributed by atoms with E-state index in [1.165, 1.54) is 44.3 Å². The van der Waals surface area contributed by atoms with Gasteiger partial charge >= 0.3 is 0 Å². The van der Waals surface area contributed by atoms with Crippen LogP contribution in [0.1, 0.15) is 5.69 Å². The van der Waals surface area contributed by atoms with Gasteiger partial charge in [0.2, 0.25) is 0 Å². The predicted molar refractivity (Wildman–Crippen MR) is 133 cm³/mol. The van der Waals surface area contributed by atoms with E-state index < -0.39 is 11.6 Å². The molecule has 194 valence electrons. The highest BCUT2D eigenvalue weighted by atomic mass is 19.1. The minimum absolute atomic E-state index is 0.00314. The standard InChI is InChI=1S/C27H21F2N3O6/c1-34-18-10-25(36-3)27-21(33)12-23(38-26(27)11-18)15-4-7-22(24(8-15)35-2)37-14-17-13-32(31-30-17)20-6-5-16(28)9-19(20)29/h4-13H,14H2,1-3H3. The van der Waals surface area contributed by atoms with Gasteiger partial charge in [-0.1, -0.05) is 5.21 Å². The number of fused-ring (bicyclic) bond motifs is 1. The lowest BCUT2D eigenvalue weighted by Gasteiger charge is -2.12. The average molecular weight is 521 g/mol. The van der Waals surface area contributed by atoms with Crippen LogP contribution in [0, 0.1) is 11.6 Å². The minimum Gasteiger partial charge on any atom is -0.496 e. The number of nitrogens with zero attached hydrogens (tertiary/aromatic N) is 3. The molecule has 0 amide bonds. The lowest BCUT2D eigenvalue weighted by atomic mass is 10.1. The van der Waals surface area contributed by atoms with E-state index in [1.807, 2.05) is 0 Å². The van der Waals surface area contributed by atoms with E-state index in [-0.39, 0.29) is 17.7 Å². The van der Waals surface area contributed by atoms with Gasteiger partial charge in [0, 0.05) is 29.8 Å². The number of hydrogen-bond donors (Lipinski definition) is 0. The van der Waals surface area contributed by atoms with Crippen LogP contribution in [0.3, 0.4) is 0 Å². The molecule has 0 spiro atoms. The summed E-state index contributed by atoms with van der Waals surface area (Å²) < 4.78 is 56.4. The number of ether oxygens (including phenoxy) is 4. The van der Waals surface area contributed by atoms with Crippen molar-refractivity contribution in [1.29, 1.82) is 0 Å². The SMILES string of the molecule is COc1cc(OC)c2c(=O)cc(-c3ccc(OCc4cn(-c5ccc(F)cc5F)nn4)c(OC)c3)oc2c1. The Morgan fingerprint density at radius 1 is 0.895 bits per heavy atom. The summed E-state index contributed by atoms with van der Waals surface area (Å²) >= 11 is 0. The van der Waals surface area contributed by atoms with Crippen LogP contribution in [0.15, 0.2) is 70.0 Å². The average Bonchev–Trinajstić information content (AvgIpc) is 3.39. The molecule has 3 aromatic carbocycles. The molecule has 0 atom stereocenters. The lowest BCUT2D eigenvalue weighted by molar-refractivity contribution is 0.280. The van der Waals surface area contributed by atoms with Crippen LogP contribution >= 0.6 is 0 Å². The smallest absolute Gasteiger partial charge is 0.197 e. The Kier molecular flexibility index (Phi) is 6.65. The molecule has 0 saturated heterocycles. The van der Waals surface area contributed by atoms with Crippen molar-refractivity contribution in [2.24, 2.45) is 0 Å². The van der Waals surface area contributed by atoms with Gasteiger partial charge in [-0.25, -0.2) is 13.5 Å². The van der Waals surface area contributed by atoms with E-state index in [9.17, 15) is 13.6 Å². The Morgan fingerprint density at radius 2 is 1.71 bits per heavy atom. The Hall–Kier alpha value is -4.93. The van der Waals surface area contributed by atoms with Gasteiger partial charge in [0.15, 0.2) is 22.7 Å². The van der Waals surface area contributed by atoms with Crippen molar-refractivity contribution >= 4 is 11.0 Å². The normalized spacial score (nSPS) is 11.0. The van der Waals surface area contributed by atoms with E-state index in [0.29, 0.717) is 51.0 Å². The van der Waals surface area contributed by atoms with E-state index >= 15 is 0 Å². The number of methoxy groups -OCH3 is 3. The summed E-state index contributed by atoms with van der Waals surface area (Å²) in [6.45, 7) is 0.00314. The molecular formula is C27H21F2N3O6. The third kappa shape index (κ3) is 4.73. The predicted octanol–water partition coefficient (Wildman–Crippen LogP) is 4.92. The molecule has 0 radical (unpaired) electrons. The molecule has 0 N–H and O–H groups in total. The van der Waals surface area contributed by atoms with Gasteiger partial charge in [0.25, 0.3) is 0 Å². The van der Waals surface area contributed by atoms with Crippen molar-refractivity contribution in [2.45, 2.75) is 6.61 Å². The molecule has 0 aliphatic heterocycles. The summed E-state index contributed by atoms with van der Waals surface area (Å²) in [5.41, 5.74) is 1.07. The van der Waals surface area contributed by atoms with Crippen LogP contribution in [0.4, 0.5) is 8.78 Å². The highest BCUT2D eigenvalue weighted by molar-refractivity contribution is 5.86. The summed E-state index contributed by atoms with van der Waals surface area (Å²) in [5.74, 6) is 0.461. The molecule has 0 aliphatic carbocycles. The third-order valence-corrected chi connectivity index (χ3v) is 5.74. The fourth-order valence-corrected chi connectivity index (χ4v) is 3.89. The van der Waals surface area contributed by atoms with Crippen LogP contribution in [0.2, 0.25) is 0 Å². The molecule has 5 aromatic rings. The van der Waals surface area contributed by atoms with E-state index in [4.69, 9.17) is 23.4 Å². The summed E-state index contributed by atoms with van der Waals surface area (Å²) in [7, 11) is 4.45. The summed E-state index contributed by atoms with van der Waals surface area (Å²) in [6, 6.07) is 12.8. The maximum atomic E-state index is 14.0. The van der Waals surface area contributed by atoms with Crippen LogP contribution < -0.4 is 24.4 Å². The molecular weight excluding hydrogens is 500 g/mol. The molecule has 0 saturated carbocycles. The molecule has 0 bridgehead atoms. The van der Waals surface area contributed by atoms with E-state index in [1.54, 1.807) is 30.3 Å². The number of rotatable bonds is 8. The van der Waals surface area contributed by atoms with Crippen molar-refractivity contribution in [3.8, 4) is 40.0 Å². The Labute approximate surface area is 214 Å². The lowest BCUT2D eigenvalue weighted by Crippen LogP contribution is -2.03. The Bertz CT molecular complexity index is 1700. The maximum absolute atomic E-state index is 14.0. The molecule has 2 aromatic heterocycles. The Morgan fingerprint density at radius 3 is 2.45 bits per heavy atom. The van der Waals surface area contributed by atoms with Crippen molar-refractivity contribution in [3.63, 3.8) is 0 Å². The van der Waals surface area contributed by atoms with Gasteiger partial charge in [0.05, 0.1) is 27.5 Å². The maximum Gasteiger partial charge on any atom is 0.197 e. The van der Waals surface area contributed by atoms with Gasteiger partial charge in [-0.15, -0.1) is 5.10 Å². The first-order valence-electron chi connectivity index (χ1n) is 11.3. The van der Waals surface area contributed by atoms with Gasteiger partial charge < -0.3 is 23.4 Å². The molecule has 0 fully saturated rings. The van der Waals surface area contributed by atoms with Crippen molar-refractivity contribution in [1.82, 2.24) is 15.0 Å². The fraction of sp³-hybridized carbons (Fsp3) is 0.148. The van der Waals surface area contributed by atoms with Crippen LogP contribution in [-0.2, 0) is 6.61 Å². The van der Waals surface area contributed by atoms with E-state index in [0.717, 1.165) is 12.1 Å². The summed E-state index contributed by atoms with van der Waals surface area (Å²) in [4.78, 5) is 12.9. The first-order chi connectivity index (χ1) is 18.4. The molecule has 5 rings (SSSR count). The van der Waals surface area contributed by atoms with Crippen LogP contribution in [0.25, 0.3) is 28.0 Å². The zero-order valence-corrected chi connectivity index (χ0v) is 20.5. The number of hydrogen-bond acceptors (Lipinski definition) is 8. The van der Waals surface area contributed by atoms with Crippen molar-refractivity contribution in [3.05, 3.63) is 88.3 Å². The van der Waals surface area contributed by atoms with Gasteiger partial charge in [-0.3, -0.25) is 4.79 Å². The molecule has 0 aliphatic rings. The number of halogens is 2.